The molecule has 1 aliphatic rings. The number of hydrogen-bond donors (Lipinski definition) is 1. The lowest BCUT2D eigenvalue weighted by molar-refractivity contribution is -0.121. The largest absolute Gasteiger partial charge is 0.497 e. The van der Waals surface area contributed by atoms with Crippen molar-refractivity contribution >= 4 is 5.91 Å². The van der Waals surface area contributed by atoms with Crippen molar-refractivity contribution in [1.29, 1.82) is 5.26 Å². The lowest BCUT2D eigenvalue weighted by Gasteiger charge is -2.10. The maximum absolute atomic E-state index is 11.6. The number of methoxy groups -OCH3 is 1. The number of hydrogen-bond acceptors (Lipinski definition) is 3. The molecule has 1 saturated carbocycles. The Balaban J connectivity index is 1.91. The van der Waals surface area contributed by atoms with Gasteiger partial charge in [-0.1, -0.05) is 12.1 Å². The van der Waals surface area contributed by atoms with Crippen molar-refractivity contribution in [3.63, 3.8) is 0 Å². The van der Waals surface area contributed by atoms with Crippen molar-refractivity contribution < 1.29 is 9.53 Å². The summed E-state index contributed by atoms with van der Waals surface area (Å²) in [5, 5.41) is 12.2. The van der Waals surface area contributed by atoms with E-state index in [9.17, 15) is 10.1 Å². The molecule has 4 heteroatoms. The fourth-order valence-electron chi connectivity index (χ4n) is 1.97. The van der Waals surface area contributed by atoms with E-state index in [2.05, 4.69) is 11.4 Å². The van der Waals surface area contributed by atoms with Crippen LogP contribution in [0.15, 0.2) is 24.3 Å². The summed E-state index contributed by atoms with van der Waals surface area (Å²) in [4.78, 5) is 11.6. The molecule has 100 valence electrons. The fraction of sp³-hybridized carbons (Fsp3) is 0.467. The SMILES string of the molecule is COc1cccc(C(C#N)CCC(=O)NC2CC2)c1. The van der Waals surface area contributed by atoms with Crippen molar-refractivity contribution in [2.75, 3.05) is 7.11 Å². The zero-order chi connectivity index (χ0) is 13.7. The molecule has 1 fully saturated rings. The molecule has 2 rings (SSSR count). The summed E-state index contributed by atoms with van der Waals surface area (Å²) in [6, 6.07) is 10.1. The van der Waals surface area contributed by atoms with E-state index in [-0.39, 0.29) is 11.8 Å². The van der Waals surface area contributed by atoms with Crippen LogP contribution in [0.1, 0.15) is 37.2 Å². The number of carbonyl (C=O) groups is 1. The third-order valence-corrected chi connectivity index (χ3v) is 3.25. The van der Waals surface area contributed by atoms with Gasteiger partial charge in [0.2, 0.25) is 5.91 Å². The third-order valence-electron chi connectivity index (χ3n) is 3.25. The molecule has 0 saturated heterocycles. The Labute approximate surface area is 113 Å². The average molecular weight is 258 g/mol. The van der Waals surface area contributed by atoms with E-state index in [1.165, 1.54) is 0 Å². The summed E-state index contributed by atoms with van der Waals surface area (Å²) in [5.41, 5.74) is 0.904. The Hall–Kier alpha value is -2.02. The van der Waals surface area contributed by atoms with Crippen LogP contribution < -0.4 is 10.1 Å². The van der Waals surface area contributed by atoms with Crippen LogP contribution >= 0.6 is 0 Å². The second-order valence-electron chi connectivity index (χ2n) is 4.84. The van der Waals surface area contributed by atoms with Crippen LogP contribution in [0.4, 0.5) is 0 Å². The highest BCUT2D eigenvalue weighted by Gasteiger charge is 2.23. The first-order chi connectivity index (χ1) is 9.22. The highest BCUT2D eigenvalue weighted by Crippen LogP contribution is 2.25. The molecular formula is C15H18N2O2. The van der Waals surface area contributed by atoms with Gasteiger partial charge in [0, 0.05) is 12.5 Å². The highest BCUT2D eigenvalue weighted by atomic mass is 16.5. The first-order valence-corrected chi connectivity index (χ1v) is 6.56. The molecule has 0 spiro atoms. The molecule has 0 aromatic heterocycles. The molecule has 0 radical (unpaired) electrons. The molecule has 0 bridgehead atoms. The minimum atomic E-state index is -0.264. The molecule has 1 amide bonds. The van der Waals surface area contributed by atoms with Crippen LogP contribution in [0.25, 0.3) is 0 Å². The molecule has 0 heterocycles. The maximum Gasteiger partial charge on any atom is 0.220 e. The van der Waals surface area contributed by atoms with E-state index in [1.54, 1.807) is 7.11 Å². The van der Waals surface area contributed by atoms with Gasteiger partial charge < -0.3 is 10.1 Å². The number of benzene rings is 1. The first-order valence-electron chi connectivity index (χ1n) is 6.56. The van der Waals surface area contributed by atoms with E-state index >= 15 is 0 Å². The monoisotopic (exact) mass is 258 g/mol. The van der Waals surface area contributed by atoms with E-state index in [4.69, 9.17) is 4.74 Å². The molecule has 1 aromatic carbocycles. The molecule has 1 unspecified atom stereocenters. The summed E-state index contributed by atoms with van der Waals surface area (Å²) in [6.45, 7) is 0. The molecule has 1 atom stereocenters. The summed E-state index contributed by atoms with van der Waals surface area (Å²) < 4.78 is 5.15. The van der Waals surface area contributed by atoms with Crippen molar-refractivity contribution in [1.82, 2.24) is 5.32 Å². The lowest BCUT2D eigenvalue weighted by atomic mass is 9.95. The van der Waals surface area contributed by atoms with Crippen LogP contribution in [0.3, 0.4) is 0 Å². The second kappa shape index (κ2) is 6.24. The number of amides is 1. The topological polar surface area (TPSA) is 62.1 Å². The zero-order valence-electron chi connectivity index (χ0n) is 11.1. The minimum absolute atomic E-state index is 0.0469. The van der Waals surface area contributed by atoms with E-state index in [0.29, 0.717) is 18.9 Å². The van der Waals surface area contributed by atoms with Gasteiger partial charge in [-0.25, -0.2) is 0 Å². The molecule has 19 heavy (non-hydrogen) atoms. The second-order valence-corrected chi connectivity index (χ2v) is 4.84. The standard InChI is InChI=1S/C15H18N2O2/c1-19-14-4-2-3-11(9-14)12(10-16)5-8-15(18)17-13-6-7-13/h2-4,9,12-13H,5-8H2,1H3,(H,17,18). The molecule has 1 aromatic rings. The summed E-state index contributed by atoms with van der Waals surface area (Å²) >= 11 is 0. The molecule has 1 N–H and O–H groups in total. The van der Waals surface area contributed by atoms with Gasteiger partial charge in [-0.05, 0) is 37.0 Å². The van der Waals surface area contributed by atoms with Crippen LogP contribution in [0, 0.1) is 11.3 Å². The maximum atomic E-state index is 11.6. The number of nitrogens with zero attached hydrogens (tertiary/aromatic N) is 1. The minimum Gasteiger partial charge on any atom is -0.497 e. The summed E-state index contributed by atoms with van der Waals surface area (Å²) in [5.74, 6) is 0.519. The quantitative estimate of drug-likeness (QED) is 0.852. The predicted molar refractivity (Wildman–Crippen MR) is 71.7 cm³/mol. The summed E-state index contributed by atoms with van der Waals surface area (Å²) in [6.07, 6.45) is 3.11. The Morgan fingerprint density at radius 2 is 2.37 bits per heavy atom. The van der Waals surface area contributed by atoms with Gasteiger partial charge in [0.25, 0.3) is 0 Å². The van der Waals surface area contributed by atoms with Gasteiger partial charge in [0.05, 0.1) is 19.1 Å². The van der Waals surface area contributed by atoms with Gasteiger partial charge in [-0.15, -0.1) is 0 Å². The lowest BCUT2D eigenvalue weighted by Crippen LogP contribution is -2.25. The number of ether oxygens (including phenoxy) is 1. The van der Waals surface area contributed by atoms with E-state index in [1.807, 2.05) is 24.3 Å². The van der Waals surface area contributed by atoms with Gasteiger partial charge in [-0.2, -0.15) is 5.26 Å². The van der Waals surface area contributed by atoms with Crippen molar-refractivity contribution in [3.8, 4) is 11.8 Å². The smallest absolute Gasteiger partial charge is 0.220 e. The van der Waals surface area contributed by atoms with Crippen LogP contribution in [0.2, 0.25) is 0 Å². The average Bonchev–Trinajstić information content (AvgIpc) is 3.23. The van der Waals surface area contributed by atoms with Gasteiger partial charge >= 0.3 is 0 Å². The fourth-order valence-corrected chi connectivity index (χ4v) is 1.97. The van der Waals surface area contributed by atoms with Gasteiger partial charge in [0.1, 0.15) is 5.75 Å². The number of carbonyl (C=O) groups excluding carboxylic acids is 1. The predicted octanol–water partition coefficient (Wildman–Crippen LogP) is 2.36. The normalized spacial score (nSPS) is 15.4. The first kappa shape index (κ1) is 13.4. The molecule has 1 aliphatic carbocycles. The number of nitriles is 1. The third kappa shape index (κ3) is 3.99. The number of rotatable bonds is 6. The van der Waals surface area contributed by atoms with Crippen LogP contribution in [0.5, 0.6) is 5.75 Å². The van der Waals surface area contributed by atoms with E-state index in [0.717, 1.165) is 24.2 Å². The van der Waals surface area contributed by atoms with Crippen molar-refractivity contribution in [2.45, 2.75) is 37.6 Å². The highest BCUT2D eigenvalue weighted by molar-refractivity contribution is 5.76. The molecular weight excluding hydrogens is 240 g/mol. The molecule has 4 nitrogen and oxygen atoms in total. The Bertz CT molecular complexity index is 489. The van der Waals surface area contributed by atoms with Gasteiger partial charge in [-0.3, -0.25) is 4.79 Å². The van der Waals surface area contributed by atoms with Crippen LogP contribution in [-0.2, 0) is 4.79 Å². The number of nitrogens with one attached hydrogen (secondary N) is 1. The van der Waals surface area contributed by atoms with Crippen LogP contribution in [-0.4, -0.2) is 19.1 Å². The Morgan fingerprint density at radius 3 is 3.00 bits per heavy atom. The summed E-state index contributed by atoms with van der Waals surface area (Å²) in [7, 11) is 1.60. The zero-order valence-corrected chi connectivity index (χ0v) is 11.1. The van der Waals surface area contributed by atoms with E-state index < -0.39 is 0 Å². The van der Waals surface area contributed by atoms with Gasteiger partial charge in [0.15, 0.2) is 0 Å². The van der Waals surface area contributed by atoms with Crippen molar-refractivity contribution in [3.05, 3.63) is 29.8 Å². The van der Waals surface area contributed by atoms with Crippen molar-refractivity contribution in [2.24, 2.45) is 0 Å². The Morgan fingerprint density at radius 1 is 1.58 bits per heavy atom. The Kier molecular flexibility index (Phi) is 4.40. The molecule has 0 aliphatic heterocycles.